The van der Waals surface area contributed by atoms with E-state index in [2.05, 4.69) is 46.9 Å². The maximum atomic E-state index is 12.6. The van der Waals surface area contributed by atoms with Crippen LogP contribution in [0, 0.1) is 3.57 Å². The zero-order valence-electron chi connectivity index (χ0n) is 13.9. The lowest BCUT2D eigenvalue weighted by atomic mass is 10.1. The molecule has 0 N–H and O–H groups in total. The molecule has 1 aliphatic rings. The molecular formula is C17H24INO3. The van der Waals surface area contributed by atoms with Gasteiger partial charge in [-0.3, -0.25) is 4.90 Å². The van der Waals surface area contributed by atoms with E-state index in [1.165, 1.54) is 9.13 Å². The average molecular weight is 417 g/mol. The van der Waals surface area contributed by atoms with E-state index >= 15 is 0 Å². The van der Waals surface area contributed by atoms with Gasteiger partial charge in [0.2, 0.25) is 0 Å². The van der Waals surface area contributed by atoms with Crippen molar-refractivity contribution in [3.8, 4) is 0 Å². The minimum atomic E-state index is -0.643. The molecular weight excluding hydrogens is 393 g/mol. The Labute approximate surface area is 146 Å². The van der Waals surface area contributed by atoms with Gasteiger partial charge in [0.25, 0.3) is 0 Å². The Hall–Kier alpha value is -0.820. The van der Waals surface area contributed by atoms with E-state index in [9.17, 15) is 4.79 Å². The van der Waals surface area contributed by atoms with Crippen molar-refractivity contribution in [1.29, 1.82) is 0 Å². The molecule has 1 aromatic carbocycles. The summed E-state index contributed by atoms with van der Waals surface area (Å²) in [7, 11) is 0. The van der Waals surface area contributed by atoms with Crippen LogP contribution >= 0.6 is 22.6 Å². The molecule has 2 rings (SSSR count). The number of ether oxygens (including phenoxy) is 2. The summed E-state index contributed by atoms with van der Waals surface area (Å²) in [6.07, 6.45) is 0.449. The van der Waals surface area contributed by atoms with Gasteiger partial charge in [-0.25, -0.2) is 4.79 Å². The first-order valence-corrected chi connectivity index (χ1v) is 8.57. The van der Waals surface area contributed by atoms with Gasteiger partial charge in [0, 0.05) is 3.57 Å². The lowest BCUT2D eigenvalue weighted by Crippen LogP contribution is -2.50. The van der Waals surface area contributed by atoms with E-state index in [1.807, 2.05) is 34.6 Å². The summed E-state index contributed by atoms with van der Waals surface area (Å²) in [5.74, 6) is 0. The number of carbonyl (C=O) groups excluding carboxylic acids is 1. The Morgan fingerprint density at radius 1 is 1.36 bits per heavy atom. The van der Waals surface area contributed by atoms with E-state index in [0.29, 0.717) is 6.61 Å². The van der Waals surface area contributed by atoms with E-state index in [-0.39, 0.29) is 12.1 Å². The smallest absolute Gasteiger partial charge is 0.412 e. The fraction of sp³-hybridized carbons (Fsp3) is 0.588. The van der Waals surface area contributed by atoms with Crippen LogP contribution in [0.2, 0.25) is 0 Å². The summed E-state index contributed by atoms with van der Waals surface area (Å²) in [6.45, 7) is 9.98. The maximum absolute atomic E-state index is 12.6. The first kappa shape index (κ1) is 17.5. The number of rotatable bonds is 2. The average Bonchev–Trinajstić information content (AvgIpc) is 2.65. The van der Waals surface area contributed by atoms with E-state index in [4.69, 9.17) is 9.47 Å². The number of halogens is 1. The van der Waals surface area contributed by atoms with Gasteiger partial charge < -0.3 is 9.47 Å². The van der Waals surface area contributed by atoms with E-state index < -0.39 is 11.3 Å². The molecule has 1 heterocycles. The molecule has 1 saturated heterocycles. The molecule has 1 atom stereocenters. The standard InChI is InChI=1S/C17H24INO3/c1-16(2,3)22-15(20)19-14(11-21-17(19,4)5)10-12-6-8-13(18)9-7-12/h6-9,14H,10-11H2,1-5H3/t14-/m0/s1. The number of amides is 1. The molecule has 1 amide bonds. The van der Waals surface area contributed by atoms with Crippen LogP contribution in [0.5, 0.6) is 0 Å². The summed E-state index contributed by atoms with van der Waals surface area (Å²) >= 11 is 2.29. The summed E-state index contributed by atoms with van der Waals surface area (Å²) in [6, 6.07) is 8.34. The Bertz CT molecular complexity index is 534. The van der Waals surface area contributed by atoms with Crippen molar-refractivity contribution in [2.45, 2.75) is 58.4 Å². The Morgan fingerprint density at radius 2 is 1.95 bits per heavy atom. The van der Waals surface area contributed by atoms with E-state index in [0.717, 1.165) is 6.42 Å². The summed E-state index contributed by atoms with van der Waals surface area (Å²) in [5, 5.41) is 0. The van der Waals surface area contributed by atoms with Crippen LogP contribution in [-0.4, -0.2) is 35.0 Å². The molecule has 0 aromatic heterocycles. The third kappa shape index (κ3) is 4.35. The fourth-order valence-electron chi connectivity index (χ4n) is 2.61. The van der Waals surface area contributed by atoms with Crippen molar-refractivity contribution in [3.05, 3.63) is 33.4 Å². The summed E-state index contributed by atoms with van der Waals surface area (Å²) in [5.41, 5.74) is 0.0413. The zero-order chi connectivity index (χ0) is 16.5. The molecule has 1 aliphatic heterocycles. The molecule has 4 nitrogen and oxygen atoms in total. The predicted molar refractivity (Wildman–Crippen MR) is 94.8 cm³/mol. The number of benzene rings is 1. The fourth-order valence-corrected chi connectivity index (χ4v) is 2.97. The van der Waals surface area contributed by atoms with Gasteiger partial charge >= 0.3 is 6.09 Å². The predicted octanol–water partition coefficient (Wildman–Crippen LogP) is 4.21. The maximum Gasteiger partial charge on any atom is 0.412 e. The Morgan fingerprint density at radius 3 is 2.50 bits per heavy atom. The number of hydrogen-bond acceptors (Lipinski definition) is 3. The molecule has 0 radical (unpaired) electrons. The molecule has 22 heavy (non-hydrogen) atoms. The third-order valence-electron chi connectivity index (χ3n) is 3.55. The van der Waals surface area contributed by atoms with E-state index in [1.54, 1.807) is 4.90 Å². The second-order valence-electron chi connectivity index (χ2n) is 7.09. The van der Waals surface area contributed by atoms with Crippen LogP contribution in [0.1, 0.15) is 40.2 Å². The Kier molecular flexibility index (Phi) is 5.06. The minimum absolute atomic E-state index is 0.00934. The lowest BCUT2D eigenvalue weighted by Gasteiger charge is -2.35. The highest BCUT2D eigenvalue weighted by Crippen LogP contribution is 2.31. The lowest BCUT2D eigenvalue weighted by molar-refractivity contribution is -0.0623. The quantitative estimate of drug-likeness (QED) is 0.677. The molecule has 122 valence electrons. The van der Waals surface area contributed by atoms with Crippen LogP contribution in [0.25, 0.3) is 0 Å². The van der Waals surface area contributed by atoms with Gasteiger partial charge in [0.15, 0.2) is 0 Å². The highest BCUT2D eigenvalue weighted by molar-refractivity contribution is 14.1. The Balaban J connectivity index is 2.15. The van der Waals surface area contributed by atoms with Gasteiger partial charge in [-0.15, -0.1) is 0 Å². The van der Waals surface area contributed by atoms with Crippen molar-refractivity contribution in [3.63, 3.8) is 0 Å². The van der Waals surface area contributed by atoms with Gasteiger partial charge in [0.1, 0.15) is 11.3 Å². The summed E-state index contributed by atoms with van der Waals surface area (Å²) in [4.78, 5) is 14.3. The van der Waals surface area contributed by atoms with Gasteiger partial charge in [0.05, 0.1) is 12.6 Å². The molecule has 5 heteroatoms. The molecule has 0 aliphatic carbocycles. The van der Waals surface area contributed by atoms with Crippen LogP contribution in [-0.2, 0) is 15.9 Å². The number of hydrogen-bond donors (Lipinski definition) is 0. The van der Waals surface area contributed by atoms with Crippen molar-refractivity contribution < 1.29 is 14.3 Å². The van der Waals surface area contributed by atoms with Crippen LogP contribution in [0.4, 0.5) is 4.79 Å². The largest absolute Gasteiger partial charge is 0.444 e. The minimum Gasteiger partial charge on any atom is -0.444 e. The molecule has 1 fully saturated rings. The first-order chi connectivity index (χ1) is 10.1. The zero-order valence-corrected chi connectivity index (χ0v) is 16.0. The number of carbonyl (C=O) groups is 1. The molecule has 0 saturated carbocycles. The van der Waals surface area contributed by atoms with Gasteiger partial charge in [-0.05, 0) is 81.3 Å². The highest BCUT2D eigenvalue weighted by atomic mass is 127. The SMILES string of the molecule is CC(C)(C)OC(=O)N1[C@@H](Cc2ccc(I)cc2)COC1(C)C. The second kappa shape index (κ2) is 6.35. The topological polar surface area (TPSA) is 38.8 Å². The van der Waals surface area contributed by atoms with Crippen LogP contribution in [0.15, 0.2) is 24.3 Å². The van der Waals surface area contributed by atoms with Crippen molar-refractivity contribution in [2.24, 2.45) is 0 Å². The van der Waals surface area contributed by atoms with Crippen molar-refractivity contribution in [1.82, 2.24) is 4.90 Å². The monoisotopic (exact) mass is 417 g/mol. The third-order valence-corrected chi connectivity index (χ3v) is 4.27. The molecule has 0 bridgehead atoms. The second-order valence-corrected chi connectivity index (χ2v) is 8.34. The van der Waals surface area contributed by atoms with Crippen molar-refractivity contribution in [2.75, 3.05) is 6.61 Å². The molecule has 0 unspecified atom stereocenters. The summed E-state index contributed by atoms with van der Waals surface area (Å²) < 4.78 is 12.6. The molecule has 1 aromatic rings. The van der Waals surface area contributed by atoms with Crippen molar-refractivity contribution >= 4 is 28.7 Å². The van der Waals surface area contributed by atoms with Crippen LogP contribution in [0.3, 0.4) is 0 Å². The van der Waals surface area contributed by atoms with Gasteiger partial charge in [-0.2, -0.15) is 0 Å². The normalized spacial score (nSPS) is 21.0. The first-order valence-electron chi connectivity index (χ1n) is 7.49. The number of nitrogens with zero attached hydrogens (tertiary/aromatic N) is 1. The highest BCUT2D eigenvalue weighted by Gasteiger charge is 2.45. The van der Waals surface area contributed by atoms with Gasteiger partial charge in [-0.1, -0.05) is 12.1 Å². The molecule has 0 spiro atoms. The van der Waals surface area contributed by atoms with Crippen LogP contribution < -0.4 is 0 Å².